The lowest BCUT2D eigenvalue weighted by Gasteiger charge is -2.31. The summed E-state index contributed by atoms with van der Waals surface area (Å²) < 4.78 is 7.71. The molecule has 0 radical (unpaired) electrons. The monoisotopic (exact) mass is 303 g/mol. The van der Waals surface area contributed by atoms with Gasteiger partial charge >= 0.3 is 0 Å². The van der Waals surface area contributed by atoms with Crippen molar-refractivity contribution >= 4 is 0 Å². The lowest BCUT2D eigenvalue weighted by molar-refractivity contribution is 0.135. The average Bonchev–Trinajstić information content (AvgIpc) is 2.99. The van der Waals surface area contributed by atoms with E-state index >= 15 is 0 Å². The first kappa shape index (κ1) is 14.7. The van der Waals surface area contributed by atoms with Gasteiger partial charge in [0, 0.05) is 51.0 Å². The third-order valence-electron chi connectivity index (χ3n) is 5.63. The highest BCUT2D eigenvalue weighted by Crippen LogP contribution is 2.34. The second kappa shape index (κ2) is 6.32. The number of methoxy groups -OCH3 is 1. The topological polar surface area (TPSA) is 30.3 Å². The van der Waals surface area contributed by atoms with Crippen LogP contribution in [0, 0.1) is 11.8 Å². The highest BCUT2D eigenvalue weighted by atomic mass is 16.5. The molecule has 0 spiro atoms. The second-order valence-corrected chi connectivity index (χ2v) is 7.70. The Morgan fingerprint density at radius 1 is 1.14 bits per heavy atom. The number of rotatable bonds is 6. The van der Waals surface area contributed by atoms with Gasteiger partial charge in [0.15, 0.2) is 0 Å². The summed E-state index contributed by atoms with van der Waals surface area (Å²) >= 11 is 0. The highest BCUT2D eigenvalue weighted by Gasteiger charge is 2.32. The molecule has 0 saturated heterocycles. The molecule has 1 aromatic heterocycles. The Balaban J connectivity index is 1.49. The molecule has 2 fully saturated rings. The summed E-state index contributed by atoms with van der Waals surface area (Å²) in [5.74, 6) is 2.26. The third kappa shape index (κ3) is 3.23. The molecule has 1 atom stereocenters. The maximum atomic E-state index is 5.47. The number of ether oxygens (including phenoxy) is 1. The molecular weight excluding hydrogens is 274 g/mol. The van der Waals surface area contributed by atoms with Gasteiger partial charge in [-0.1, -0.05) is 12.8 Å². The summed E-state index contributed by atoms with van der Waals surface area (Å²) in [6.45, 7) is 5.41. The van der Waals surface area contributed by atoms with E-state index in [2.05, 4.69) is 15.8 Å². The minimum absolute atomic E-state index is 0.456. The molecule has 122 valence electrons. The molecule has 4 heteroatoms. The molecule has 1 aromatic rings. The van der Waals surface area contributed by atoms with Crippen LogP contribution in [-0.4, -0.2) is 41.5 Å². The molecule has 0 bridgehead atoms. The van der Waals surface area contributed by atoms with E-state index in [4.69, 9.17) is 9.84 Å². The van der Waals surface area contributed by atoms with Gasteiger partial charge in [0.2, 0.25) is 0 Å². The molecule has 3 aliphatic rings. The van der Waals surface area contributed by atoms with E-state index in [9.17, 15) is 0 Å². The third-order valence-corrected chi connectivity index (χ3v) is 5.63. The van der Waals surface area contributed by atoms with Crippen LogP contribution in [0.3, 0.4) is 0 Å². The van der Waals surface area contributed by atoms with Crippen molar-refractivity contribution in [1.82, 2.24) is 14.7 Å². The van der Waals surface area contributed by atoms with E-state index in [1.54, 1.807) is 0 Å². The molecule has 2 heterocycles. The molecule has 0 N–H and O–H groups in total. The van der Waals surface area contributed by atoms with E-state index in [1.807, 2.05) is 7.11 Å². The van der Waals surface area contributed by atoms with Crippen LogP contribution in [-0.2, 0) is 17.8 Å². The van der Waals surface area contributed by atoms with Crippen LogP contribution in [0.4, 0.5) is 0 Å². The minimum Gasteiger partial charge on any atom is -0.384 e. The number of hydrogen-bond donors (Lipinski definition) is 0. The summed E-state index contributed by atoms with van der Waals surface area (Å²) in [7, 11) is 1.81. The Morgan fingerprint density at radius 3 is 2.64 bits per heavy atom. The Hall–Kier alpha value is -0.870. The predicted molar refractivity (Wildman–Crippen MR) is 86.8 cm³/mol. The van der Waals surface area contributed by atoms with Crippen molar-refractivity contribution in [1.29, 1.82) is 0 Å². The van der Waals surface area contributed by atoms with Gasteiger partial charge in [0.05, 0.1) is 12.3 Å². The summed E-state index contributed by atoms with van der Waals surface area (Å²) in [5.41, 5.74) is 2.76. The van der Waals surface area contributed by atoms with Gasteiger partial charge < -0.3 is 4.74 Å². The molecule has 22 heavy (non-hydrogen) atoms. The Kier molecular flexibility index (Phi) is 4.23. The van der Waals surface area contributed by atoms with E-state index in [1.165, 1.54) is 56.3 Å². The molecule has 4 rings (SSSR count). The molecule has 1 aliphatic heterocycles. The van der Waals surface area contributed by atoms with E-state index in [0.717, 1.165) is 38.1 Å². The van der Waals surface area contributed by atoms with Crippen molar-refractivity contribution in [3.05, 3.63) is 17.5 Å². The van der Waals surface area contributed by atoms with Crippen molar-refractivity contribution in [2.24, 2.45) is 11.8 Å². The van der Waals surface area contributed by atoms with Crippen molar-refractivity contribution < 1.29 is 4.74 Å². The first-order chi connectivity index (χ1) is 10.8. The molecule has 0 amide bonds. The fourth-order valence-electron chi connectivity index (χ4n) is 4.34. The zero-order valence-electron chi connectivity index (χ0n) is 13.8. The van der Waals surface area contributed by atoms with Gasteiger partial charge in [-0.3, -0.25) is 9.58 Å². The summed E-state index contributed by atoms with van der Waals surface area (Å²) in [4.78, 5) is 2.63. The quantitative estimate of drug-likeness (QED) is 0.809. The van der Waals surface area contributed by atoms with E-state index in [0.29, 0.717) is 5.92 Å². The van der Waals surface area contributed by atoms with Gasteiger partial charge in [-0.05, 0) is 37.5 Å². The highest BCUT2D eigenvalue weighted by molar-refractivity contribution is 5.25. The first-order valence-electron chi connectivity index (χ1n) is 9.09. The Morgan fingerprint density at radius 2 is 1.91 bits per heavy atom. The van der Waals surface area contributed by atoms with Crippen LogP contribution in [0.25, 0.3) is 0 Å². The fraction of sp³-hybridized carbons (Fsp3) is 0.833. The second-order valence-electron chi connectivity index (χ2n) is 7.70. The number of hydrogen-bond acceptors (Lipinski definition) is 3. The molecule has 0 unspecified atom stereocenters. The lowest BCUT2D eigenvalue weighted by Crippen LogP contribution is -2.36. The smallest absolute Gasteiger partial charge is 0.0736 e. The van der Waals surface area contributed by atoms with Crippen molar-refractivity contribution in [2.45, 2.75) is 57.5 Å². The summed E-state index contributed by atoms with van der Waals surface area (Å²) in [6, 6.07) is 0. The van der Waals surface area contributed by atoms with Crippen LogP contribution in [0.15, 0.2) is 6.20 Å². The number of fused-ring (bicyclic) bond motifs is 1. The fourth-order valence-corrected chi connectivity index (χ4v) is 4.34. The number of aromatic nitrogens is 2. The molecule has 0 aromatic carbocycles. The predicted octanol–water partition coefficient (Wildman–Crippen LogP) is 3.03. The Labute approximate surface area is 133 Å². The summed E-state index contributed by atoms with van der Waals surface area (Å²) in [5, 5.41) is 4.95. The lowest BCUT2D eigenvalue weighted by atomic mass is 9.97. The first-order valence-corrected chi connectivity index (χ1v) is 9.09. The standard InChI is InChI=1S/C18H29N3O/c1-22-13-17-11-20(8-15-6-7-15)10-16-12-21(19-18(16)17)9-14-4-2-3-5-14/h12,14-15,17H,2-11,13H2,1H3/t17-/m1/s1. The van der Waals surface area contributed by atoms with Gasteiger partial charge in [0.1, 0.15) is 0 Å². The largest absolute Gasteiger partial charge is 0.384 e. The minimum atomic E-state index is 0.456. The average molecular weight is 303 g/mol. The normalized spacial score (nSPS) is 26.5. The van der Waals surface area contributed by atoms with Gasteiger partial charge in [-0.25, -0.2) is 0 Å². The zero-order chi connectivity index (χ0) is 14.9. The van der Waals surface area contributed by atoms with Crippen LogP contribution in [0.2, 0.25) is 0 Å². The van der Waals surface area contributed by atoms with Crippen molar-refractivity contribution in [3.63, 3.8) is 0 Å². The van der Waals surface area contributed by atoms with E-state index in [-0.39, 0.29) is 0 Å². The number of nitrogens with zero attached hydrogens (tertiary/aromatic N) is 3. The van der Waals surface area contributed by atoms with E-state index < -0.39 is 0 Å². The maximum Gasteiger partial charge on any atom is 0.0736 e. The molecule has 2 saturated carbocycles. The maximum absolute atomic E-state index is 5.47. The SMILES string of the molecule is COC[C@H]1CN(CC2CC2)Cc2cn(CC3CCCC3)nc21. The van der Waals surface area contributed by atoms with Crippen LogP contribution in [0.1, 0.15) is 55.7 Å². The molecule has 4 nitrogen and oxygen atoms in total. The van der Waals surface area contributed by atoms with Gasteiger partial charge in [0.25, 0.3) is 0 Å². The van der Waals surface area contributed by atoms with Crippen LogP contribution in [0.5, 0.6) is 0 Å². The van der Waals surface area contributed by atoms with Crippen LogP contribution < -0.4 is 0 Å². The molecule has 2 aliphatic carbocycles. The summed E-state index contributed by atoms with van der Waals surface area (Å²) in [6.07, 6.45) is 10.8. The molecular formula is C18H29N3O. The van der Waals surface area contributed by atoms with Gasteiger partial charge in [-0.2, -0.15) is 5.10 Å². The van der Waals surface area contributed by atoms with Crippen molar-refractivity contribution in [2.75, 3.05) is 26.8 Å². The zero-order valence-corrected chi connectivity index (χ0v) is 13.8. The van der Waals surface area contributed by atoms with Crippen molar-refractivity contribution in [3.8, 4) is 0 Å². The Bertz CT molecular complexity index is 502. The van der Waals surface area contributed by atoms with Gasteiger partial charge in [-0.15, -0.1) is 0 Å². The van der Waals surface area contributed by atoms with Crippen LogP contribution >= 0.6 is 0 Å².